The Labute approximate surface area is 251 Å². The van der Waals surface area contributed by atoms with Crippen molar-refractivity contribution in [3.63, 3.8) is 0 Å². The second-order valence-electron chi connectivity index (χ2n) is 10.6. The summed E-state index contributed by atoms with van der Waals surface area (Å²) in [6, 6.07) is 11.5. The highest BCUT2D eigenvalue weighted by Gasteiger charge is 2.15. The van der Waals surface area contributed by atoms with E-state index in [9.17, 15) is 19.5 Å². The molecule has 1 amide bonds. The summed E-state index contributed by atoms with van der Waals surface area (Å²) in [4.78, 5) is 36.3. The standard InChI is InChI=1S/C33H41NO7S/c1-23-21-42-22-29(23)25-18-26(33(39)34(2)3)20-27(19-25)40-16-7-5-4-6-10-24-11-8-12-30(28(24)14-15-32(37)38)41-17-9-13-31(35)36/h8,11-12,18-22H,4-7,9-10,13-17H2,1-3H3,(H,35,36)(H,37,38). The first-order chi connectivity index (χ1) is 20.2. The summed E-state index contributed by atoms with van der Waals surface area (Å²) in [6.07, 6.45) is 5.39. The van der Waals surface area contributed by atoms with E-state index in [4.69, 9.17) is 14.6 Å². The first kappa shape index (κ1) is 32.7. The molecule has 2 aromatic carbocycles. The number of carboxylic acids is 2. The molecule has 0 fully saturated rings. The lowest BCUT2D eigenvalue weighted by Crippen LogP contribution is -2.21. The molecule has 3 rings (SSSR count). The van der Waals surface area contributed by atoms with Gasteiger partial charge in [0, 0.05) is 32.5 Å². The first-order valence-electron chi connectivity index (χ1n) is 14.4. The molecule has 0 radical (unpaired) electrons. The zero-order chi connectivity index (χ0) is 30.5. The monoisotopic (exact) mass is 595 g/mol. The predicted octanol–water partition coefficient (Wildman–Crippen LogP) is 6.87. The average Bonchev–Trinajstić information content (AvgIpc) is 3.39. The summed E-state index contributed by atoms with van der Waals surface area (Å²) in [6.45, 7) is 2.88. The minimum Gasteiger partial charge on any atom is -0.494 e. The fourth-order valence-electron chi connectivity index (χ4n) is 4.74. The van der Waals surface area contributed by atoms with Gasteiger partial charge in [-0.2, -0.15) is 11.3 Å². The number of carbonyl (C=O) groups is 3. The van der Waals surface area contributed by atoms with Gasteiger partial charge < -0.3 is 24.6 Å². The van der Waals surface area contributed by atoms with Crippen LogP contribution in [0.3, 0.4) is 0 Å². The number of aliphatic carboxylic acids is 2. The maximum absolute atomic E-state index is 12.7. The number of hydrogen-bond acceptors (Lipinski definition) is 6. The number of nitrogens with zero attached hydrogens (tertiary/aromatic N) is 1. The van der Waals surface area contributed by atoms with Crippen LogP contribution < -0.4 is 9.47 Å². The van der Waals surface area contributed by atoms with Crippen molar-refractivity contribution >= 4 is 29.2 Å². The van der Waals surface area contributed by atoms with Crippen molar-refractivity contribution in [2.24, 2.45) is 0 Å². The Bertz CT molecular complexity index is 1350. The fourth-order valence-corrected chi connectivity index (χ4v) is 5.60. The molecule has 0 spiro atoms. The number of benzene rings is 2. The molecule has 0 unspecified atom stereocenters. The molecule has 2 N–H and O–H groups in total. The fraction of sp³-hybridized carbons (Fsp3) is 0.424. The molecular formula is C33H41NO7S. The molecule has 3 aromatic rings. The summed E-state index contributed by atoms with van der Waals surface area (Å²) in [5, 5.41) is 22.3. The van der Waals surface area contributed by atoms with E-state index in [1.54, 1.807) is 30.3 Å². The van der Waals surface area contributed by atoms with E-state index >= 15 is 0 Å². The SMILES string of the molecule is Cc1cscc1-c1cc(OCCCCCCc2cccc(OCCCC(=O)O)c2CCC(=O)O)cc(C(=O)N(C)C)c1. The van der Waals surface area contributed by atoms with Crippen LogP contribution in [-0.2, 0) is 22.4 Å². The van der Waals surface area contributed by atoms with Crippen molar-refractivity contribution in [2.45, 2.75) is 64.7 Å². The molecule has 1 heterocycles. The molecule has 0 aliphatic carbocycles. The number of thiophene rings is 1. The summed E-state index contributed by atoms with van der Waals surface area (Å²) in [5.41, 5.74) is 5.81. The Morgan fingerprint density at radius 2 is 1.57 bits per heavy atom. The average molecular weight is 596 g/mol. The maximum atomic E-state index is 12.7. The Morgan fingerprint density at radius 3 is 2.26 bits per heavy atom. The van der Waals surface area contributed by atoms with Crippen LogP contribution in [0.2, 0.25) is 0 Å². The van der Waals surface area contributed by atoms with Crippen molar-refractivity contribution in [1.82, 2.24) is 4.90 Å². The van der Waals surface area contributed by atoms with E-state index in [1.165, 1.54) is 5.56 Å². The van der Waals surface area contributed by atoms with Crippen molar-refractivity contribution in [3.8, 4) is 22.6 Å². The largest absolute Gasteiger partial charge is 0.494 e. The van der Waals surface area contributed by atoms with E-state index in [-0.39, 0.29) is 25.4 Å². The Morgan fingerprint density at radius 1 is 0.833 bits per heavy atom. The molecule has 0 saturated carbocycles. The number of amides is 1. The van der Waals surface area contributed by atoms with Gasteiger partial charge in [-0.1, -0.05) is 25.0 Å². The van der Waals surface area contributed by atoms with Gasteiger partial charge in [0.1, 0.15) is 11.5 Å². The van der Waals surface area contributed by atoms with Crippen LogP contribution in [0.1, 0.15) is 72.0 Å². The zero-order valence-electron chi connectivity index (χ0n) is 24.7. The minimum atomic E-state index is -0.866. The molecule has 0 saturated heterocycles. The number of carbonyl (C=O) groups excluding carboxylic acids is 1. The lowest BCUT2D eigenvalue weighted by atomic mass is 9.97. The van der Waals surface area contributed by atoms with Crippen molar-refractivity contribution < 1.29 is 34.1 Å². The smallest absolute Gasteiger partial charge is 0.303 e. The van der Waals surface area contributed by atoms with Crippen LogP contribution in [0, 0.1) is 6.92 Å². The lowest BCUT2D eigenvalue weighted by molar-refractivity contribution is -0.138. The van der Waals surface area contributed by atoms with Crippen molar-refractivity contribution in [1.29, 1.82) is 0 Å². The van der Waals surface area contributed by atoms with Crippen LogP contribution in [-0.4, -0.2) is 60.3 Å². The van der Waals surface area contributed by atoms with Crippen LogP contribution >= 0.6 is 11.3 Å². The Balaban J connectivity index is 1.53. The van der Waals surface area contributed by atoms with Crippen LogP contribution in [0.25, 0.3) is 11.1 Å². The summed E-state index contributed by atoms with van der Waals surface area (Å²) in [5.74, 6) is -0.469. The number of hydrogen-bond donors (Lipinski definition) is 2. The third-order valence-electron chi connectivity index (χ3n) is 6.95. The summed E-state index contributed by atoms with van der Waals surface area (Å²) in [7, 11) is 3.48. The van der Waals surface area contributed by atoms with Gasteiger partial charge in [-0.25, -0.2) is 0 Å². The van der Waals surface area contributed by atoms with Gasteiger partial charge in [-0.05, 0) is 102 Å². The summed E-state index contributed by atoms with van der Waals surface area (Å²) < 4.78 is 11.9. The normalized spacial score (nSPS) is 10.8. The third-order valence-corrected chi connectivity index (χ3v) is 7.81. The van der Waals surface area contributed by atoms with Gasteiger partial charge in [-0.15, -0.1) is 0 Å². The first-order valence-corrected chi connectivity index (χ1v) is 15.3. The molecule has 226 valence electrons. The van der Waals surface area contributed by atoms with E-state index in [0.717, 1.165) is 54.4 Å². The number of aryl methyl sites for hydroxylation is 2. The van der Waals surface area contributed by atoms with Crippen LogP contribution in [0.5, 0.6) is 11.5 Å². The predicted molar refractivity (Wildman–Crippen MR) is 165 cm³/mol. The molecule has 8 nitrogen and oxygen atoms in total. The van der Waals surface area contributed by atoms with Crippen LogP contribution in [0.4, 0.5) is 0 Å². The highest BCUT2D eigenvalue weighted by molar-refractivity contribution is 7.08. The molecule has 0 aliphatic heterocycles. The maximum Gasteiger partial charge on any atom is 0.303 e. The second-order valence-corrected chi connectivity index (χ2v) is 11.3. The van der Waals surface area contributed by atoms with E-state index in [2.05, 4.69) is 17.7 Å². The molecule has 0 aliphatic rings. The number of ether oxygens (including phenoxy) is 2. The van der Waals surface area contributed by atoms with Gasteiger partial charge >= 0.3 is 11.9 Å². The van der Waals surface area contributed by atoms with Gasteiger partial charge in [0.25, 0.3) is 5.91 Å². The molecule has 0 bridgehead atoms. The Kier molecular flexibility index (Phi) is 12.9. The number of rotatable bonds is 18. The van der Waals surface area contributed by atoms with E-state index in [1.807, 2.05) is 36.4 Å². The summed E-state index contributed by atoms with van der Waals surface area (Å²) >= 11 is 1.64. The van der Waals surface area contributed by atoms with Crippen molar-refractivity contribution in [3.05, 3.63) is 69.4 Å². The quantitative estimate of drug-likeness (QED) is 0.154. The van der Waals surface area contributed by atoms with Gasteiger partial charge in [0.2, 0.25) is 0 Å². The van der Waals surface area contributed by atoms with Crippen LogP contribution in [0.15, 0.2) is 47.2 Å². The highest BCUT2D eigenvalue weighted by Crippen LogP contribution is 2.31. The number of unbranched alkanes of at least 4 members (excludes halogenated alkanes) is 3. The highest BCUT2D eigenvalue weighted by atomic mass is 32.1. The molecule has 0 atom stereocenters. The van der Waals surface area contributed by atoms with Gasteiger partial charge in [0.15, 0.2) is 0 Å². The van der Waals surface area contributed by atoms with Gasteiger partial charge in [-0.3, -0.25) is 14.4 Å². The minimum absolute atomic E-state index is 0.00880. The molecule has 1 aromatic heterocycles. The molecular weight excluding hydrogens is 554 g/mol. The van der Waals surface area contributed by atoms with Gasteiger partial charge in [0.05, 0.1) is 13.2 Å². The van der Waals surface area contributed by atoms with E-state index < -0.39 is 11.9 Å². The van der Waals surface area contributed by atoms with Crippen molar-refractivity contribution in [2.75, 3.05) is 27.3 Å². The topological polar surface area (TPSA) is 113 Å². The second kappa shape index (κ2) is 16.6. The zero-order valence-corrected chi connectivity index (χ0v) is 25.5. The lowest BCUT2D eigenvalue weighted by Gasteiger charge is -2.15. The number of carboxylic acid groups (broad SMARTS) is 2. The van der Waals surface area contributed by atoms with E-state index in [0.29, 0.717) is 36.5 Å². The molecule has 9 heteroatoms. The third kappa shape index (κ3) is 10.2. The molecule has 42 heavy (non-hydrogen) atoms. The Hall–Kier alpha value is -3.85.